The zero-order valence-corrected chi connectivity index (χ0v) is 16.7. The van der Waals surface area contributed by atoms with E-state index in [9.17, 15) is 0 Å². The van der Waals surface area contributed by atoms with Gasteiger partial charge in [-0.2, -0.15) is 4.40 Å². The van der Waals surface area contributed by atoms with E-state index in [0.717, 1.165) is 0 Å². The summed E-state index contributed by atoms with van der Waals surface area (Å²) in [6.07, 6.45) is 0. The highest BCUT2D eigenvalue weighted by molar-refractivity contribution is 6.14. The lowest BCUT2D eigenvalue weighted by atomic mass is 9.82. The minimum Gasteiger partial charge on any atom is -0.225 e. The Labute approximate surface area is 159 Å². The van der Waals surface area contributed by atoms with Crippen LogP contribution in [-0.2, 0) is 12.5 Å². The molecule has 2 nitrogen and oxygen atoms in total. The van der Waals surface area contributed by atoms with Crippen molar-refractivity contribution < 1.29 is 4.57 Å². The number of rotatable bonds is 0. The molecule has 0 N–H and O–H groups in total. The number of aromatic nitrogens is 2. The topological polar surface area (TPSA) is 8.29 Å². The molecular weight excluding hydrogens is 328 g/mol. The van der Waals surface area contributed by atoms with Crippen LogP contribution in [0, 0.1) is 6.92 Å². The molecule has 27 heavy (non-hydrogen) atoms. The van der Waals surface area contributed by atoms with Gasteiger partial charge in [0.1, 0.15) is 5.52 Å². The normalized spacial score (nSPS) is 12.6. The fourth-order valence-electron chi connectivity index (χ4n) is 4.77. The van der Waals surface area contributed by atoms with Crippen LogP contribution in [0.15, 0.2) is 60.7 Å². The van der Waals surface area contributed by atoms with Gasteiger partial charge in [-0.25, -0.2) is 4.57 Å². The van der Waals surface area contributed by atoms with E-state index in [1.165, 1.54) is 49.5 Å². The summed E-state index contributed by atoms with van der Waals surface area (Å²) in [5.74, 6) is 0. The number of hydrogen-bond acceptors (Lipinski definition) is 0. The van der Waals surface area contributed by atoms with Crippen molar-refractivity contribution in [3.63, 3.8) is 0 Å². The van der Waals surface area contributed by atoms with Gasteiger partial charge < -0.3 is 0 Å². The van der Waals surface area contributed by atoms with Crippen LogP contribution in [0.3, 0.4) is 0 Å². The van der Waals surface area contributed by atoms with Gasteiger partial charge in [-0.15, -0.1) is 0 Å². The third-order valence-electron chi connectivity index (χ3n) is 5.95. The number of para-hydroxylation sites is 3. The lowest BCUT2D eigenvalue weighted by Crippen LogP contribution is -2.27. The molecule has 0 aliphatic rings. The Morgan fingerprint density at radius 2 is 1.44 bits per heavy atom. The van der Waals surface area contributed by atoms with Crippen LogP contribution in [0.4, 0.5) is 0 Å². The van der Waals surface area contributed by atoms with E-state index in [1.807, 2.05) is 0 Å². The first kappa shape index (κ1) is 16.3. The summed E-state index contributed by atoms with van der Waals surface area (Å²) in [5.41, 5.74) is 7.97. The van der Waals surface area contributed by atoms with Crippen molar-refractivity contribution in [2.75, 3.05) is 0 Å². The van der Waals surface area contributed by atoms with Crippen molar-refractivity contribution in [1.29, 1.82) is 0 Å². The summed E-state index contributed by atoms with van der Waals surface area (Å²) in [6.45, 7) is 9.19. The van der Waals surface area contributed by atoms with Gasteiger partial charge in [0.25, 0.3) is 5.65 Å². The van der Waals surface area contributed by atoms with Crippen molar-refractivity contribution in [2.45, 2.75) is 33.1 Å². The molecule has 0 atom stereocenters. The van der Waals surface area contributed by atoms with Gasteiger partial charge in [-0.3, -0.25) is 0 Å². The average Bonchev–Trinajstić information content (AvgIpc) is 2.94. The lowest BCUT2D eigenvalue weighted by Gasteiger charge is -2.23. The van der Waals surface area contributed by atoms with Crippen molar-refractivity contribution in [1.82, 2.24) is 4.40 Å². The molecule has 0 radical (unpaired) electrons. The van der Waals surface area contributed by atoms with Gasteiger partial charge in [-0.1, -0.05) is 63.2 Å². The van der Waals surface area contributed by atoms with Crippen molar-refractivity contribution >= 4 is 38.4 Å². The molecular formula is C25H25N2+. The maximum absolute atomic E-state index is 2.44. The maximum Gasteiger partial charge on any atom is 0.295 e. The fraction of sp³-hybridized carbons (Fsp3) is 0.240. The van der Waals surface area contributed by atoms with Crippen LogP contribution in [0.5, 0.6) is 0 Å². The van der Waals surface area contributed by atoms with Gasteiger partial charge in [0, 0.05) is 10.8 Å². The van der Waals surface area contributed by atoms with Gasteiger partial charge in [0.2, 0.25) is 0 Å². The minimum absolute atomic E-state index is 0.117. The number of hydrogen-bond donors (Lipinski definition) is 0. The third-order valence-corrected chi connectivity index (χ3v) is 5.95. The molecule has 0 fully saturated rings. The molecule has 5 rings (SSSR count). The summed E-state index contributed by atoms with van der Waals surface area (Å²) in [6, 6.07) is 22.1. The Kier molecular flexibility index (Phi) is 3.22. The van der Waals surface area contributed by atoms with E-state index in [4.69, 9.17) is 0 Å². The molecule has 3 aromatic carbocycles. The van der Waals surface area contributed by atoms with Crippen molar-refractivity contribution in [2.24, 2.45) is 7.05 Å². The van der Waals surface area contributed by atoms with Crippen LogP contribution in [0.1, 0.15) is 31.9 Å². The van der Waals surface area contributed by atoms with Crippen LogP contribution in [-0.4, -0.2) is 4.40 Å². The van der Waals surface area contributed by atoms with Gasteiger partial charge >= 0.3 is 0 Å². The second-order valence-electron chi connectivity index (χ2n) is 8.63. The highest BCUT2D eigenvalue weighted by Crippen LogP contribution is 2.37. The second kappa shape index (κ2) is 5.32. The predicted molar refractivity (Wildman–Crippen MR) is 115 cm³/mol. The molecule has 2 heteroatoms. The standard InChI is InChI=1S/C25H25N2/c1-16-19(25(2,3)4)15-14-18-17-10-6-7-11-20(17)27-22-13-9-8-12-21(22)26(5)24(27)23(16)18/h6-15H,1-5H3/q+1. The molecule has 0 aliphatic carbocycles. The number of benzene rings is 3. The molecule has 0 unspecified atom stereocenters. The molecule has 2 aromatic heterocycles. The monoisotopic (exact) mass is 353 g/mol. The molecule has 0 bridgehead atoms. The Balaban J connectivity index is 2.19. The highest BCUT2D eigenvalue weighted by Gasteiger charge is 2.26. The highest BCUT2D eigenvalue weighted by atomic mass is 15.1. The third kappa shape index (κ3) is 2.10. The molecule has 0 saturated heterocycles. The first-order valence-electron chi connectivity index (χ1n) is 9.63. The zero-order valence-electron chi connectivity index (χ0n) is 16.7. The zero-order chi connectivity index (χ0) is 18.9. The number of pyridine rings is 1. The number of aryl methyl sites for hydroxylation is 2. The fourth-order valence-corrected chi connectivity index (χ4v) is 4.77. The first-order chi connectivity index (χ1) is 12.9. The minimum atomic E-state index is 0.117. The number of nitrogens with zero attached hydrogens (tertiary/aromatic N) is 2. The maximum atomic E-state index is 2.44. The molecule has 0 saturated carbocycles. The van der Waals surface area contributed by atoms with E-state index in [1.54, 1.807) is 0 Å². The van der Waals surface area contributed by atoms with Crippen LogP contribution >= 0.6 is 0 Å². The molecule has 2 heterocycles. The van der Waals surface area contributed by atoms with Gasteiger partial charge in [0.05, 0.1) is 12.4 Å². The van der Waals surface area contributed by atoms with Crippen LogP contribution < -0.4 is 4.57 Å². The summed E-state index contributed by atoms with van der Waals surface area (Å²) >= 11 is 0. The summed E-state index contributed by atoms with van der Waals surface area (Å²) in [7, 11) is 2.19. The SMILES string of the molecule is Cc1c(C(C)(C)C)ccc2c3ccccc3n3c4ccccc4[n+](C)c3c12. The van der Waals surface area contributed by atoms with E-state index >= 15 is 0 Å². The van der Waals surface area contributed by atoms with Gasteiger partial charge in [0.15, 0.2) is 11.0 Å². The molecule has 0 amide bonds. The van der Waals surface area contributed by atoms with E-state index in [-0.39, 0.29) is 5.41 Å². The molecule has 134 valence electrons. The van der Waals surface area contributed by atoms with E-state index < -0.39 is 0 Å². The first-order valence-corrected chi connectivity index (χ1v) is 9.63. The Morgan fingerprint density at radius 1 is 0.778 bits per heavy atom. The van der Waals surface area contributed by atoms with Gasteiger partial charge in [-0.05, 0) is 41.7 Å². The average molecular weight is 353 g/mol. The smallest absolute Gasteiger partial charge is 0.225 e. The summed E-state index contributed by atoms with van der Waals surface area (Å²) in [5, 5.41) is 4.01. The molecule has 0 spiro atoms. The Morgan fingerprint density at radius 3 is 2.19 bits per heavy atom. The Hall–Kier alpha value is -2.87. The number of imidazole rings is 1. The molecule has 5 aromatic rings. The quantitative estimate of drug-likeness (QED) is 0.244. The summed E-state index contributed by atoms with van der Waals surface area (Å²) < 4.78 is 4.79. The lowest BCUT2D eigenvalue weighted by molar-refractivity contribution is -0.617. The predicted octanol–water partition coefficient (Wildman–Crippen LogP) is 5.83. The largest absolute Gasteiger partial charge is 0.295 e. The van der Waals surface area contributed by atoms with E-state index in [0.29, 0.717) is 0 Å². The second-order valence-corrected chi connectivity index (χ2v) is 8.63. The van der Waals surface area contributed by atoms with Crippen LogP contribution in [0.2, 0.25) is 0 Å². The Bertz CT molecular complexity index is 1360. The van der Waals surface area contributed by atoms with Crippen molar-refractivity contribution in [3.8, 4) is 0 Å². The molecule has 0 aliphatic heterocycles. The van der Waals surface area contributed by atoms with E-state index in [2.05, 4.69) is 104 Å². The number of fused-ring (bicyclic) bond motifs is 8. The van der Waals surface area contributed by atoms with Crippen molar-refractivity contribution in [3.05, 3.63) is 71.8 Å². The van der Waals surface area contributed by atoms with Crippen LogP contribution in [0.25, 0.3) is 38.4 Å². The summed E-state index contributed by atoms with van der Waals surface area (Å²) in [4.78, 5) is 0.